The molecule has 78 valence electrons. The molecule has 0 unspecified atom stereocenters. The zero-order chi connectivity index (χ0) is 10.4. The molecule has 4 nitrogen and oxygen atoms in total. The molecule has 14 heavy (non-hydrogen) atoms. The fraction of sp³-hybridized carbons (Fsp3) is 0.556. The van der Waals surface area contributed by atoms with Crippen molar-refractivity contribution in [2.45, 2.75) is 19.9 Å². The Morgan fingerprint density at radius 2 is 2.43 bits per heavy atom. The van der Waals surface area contributed by atoms with E-state index in [4.69, 9.17) is 0 Å². The number of amides is 1. The van der Waals surface area contributed by atoms with E-state index in [0.29, 0.717) is 19.5 Å². The van der Waals surface area contributed by atoms with E-state index in [1.54, 1.807) is 11.3 Å². The first-order valence-corrected chi connectivity index (χ1v) is 5.42. The Morgan fingerprint density at radius 1 is 1.64 bits per heavy atom. The number of aryl methyl sites for hydroxylation is 1. The van der Waals surface area contributed by atoms with Gasteiger partial charge in [0.25, 0.3) is 0 Å². The molecule has 2 N–H and O–H groups in total. The lowest BCUT2D eigenvalue weighted by Gasteiger charge is -2.02. The minimum Gasteiger partial charge on any atom is -0.350 e. The molecule has 0 radical (unpaired) electrons. The number of rotatable bonds is 5. The van der Waals surface area contributed by atoms with Gasteiger partial charge in [0.05, 0.1) is 17.2 Å². The number of thiazole rings is 1. The van der Waals surface area contributed by atoms with Gasteiger partial charge in [-0.2, -0.15) is 0 Å². The topological polar surface area (TPSA) is 54.0 Å². The van der Waals surface area contributed by atoms with Crippen LogP contribution in [0.4, 0.5) is 0 Å². The minimum atomic E-state index is 0.0602. The van der Waals surface area contributed by atoms with Gasteiger partial charge in [0.2, 0.25) is 5.91 Å². The second-order valence-electron chi connectivity index (χ2n) is 2.99. The molecule has 0 bridgehead atoms. The Kier molecular flexibility index (Phi) is 4.55. The first-order chi connectivity index (χ1) is 6.72. The standard InChI is InChI=1S/C9H15N3OS/c1-7-12-8(6-14-7)5-11-9(13)3-4-10-2/h6,10H,3-5H2,1-2H3,(H,11,13). The van der Waals surface area contributed by atoms with E-state index in [9.17, 15) is 4.79 Å². The van der Waals surface area contributed by atoms with E-state index < -0.39 is 0 Å². The Bertz CT molecular complexity index is 298. The molecule has 5 heteroatoms. The van der Waals surface area contributed by atoms with Crippen molar-refractivity contribution in [3.05, 3.63) is 16.1 Å². The van der Waals surface area contributed by atoms with E-state index in [0.717, 1.165) is 10.7 Å². The zero-order valence-corrected chi connectivity index (χ0v) is 9.28. The maximum Gasteiger partial charge on any atom is 0.221 e. The van der Waals surface area contributed by atoms with Crippen LogP contribution in [0.2, 0.25) is 0 Å². The Labute approximate surface area is 87.7 Å². The number of aromatic nitrogens is 1. The molecule has 1 aromatic heterocycles. The Balaban J connectivity index is 2.23. The molecule has 1 rings (SSSR count). The van der Waals surface area contributed by atoms with Gasteiger partial charge in [0.1, 0.15) is 0 Å². The van der Waals surface area contributed by atoms with Crippen LogP contribution >= 0.6 is 11.3 Å². The van der Waals surface area contributed by atoms with Crippen LogP contribution in [0.3, 0.4) is 0 Å². The van der Waals surface area contributed by atoms with Gasteiger partial charge in [-0.15, -0.1) is 11.3 Å². The van der Waals surface area contributed by atoms with Gasteiger partial charge in [-0.25, -0.2) is 4.98 Å². The van der Waals surface area contributed by atoms with Crippen molar-refractivity contribution in [2.24, 2.45) is 0 Å². The predicted octanol–water partition coefficient (Wildman–Crippen LogP) is 0.677. The molecular formula is C9H15N3OS. The summed E-state index contributed by atoms with van der Waals surface area (Å²) in [6.45, 7) is 3.20. The summed E-state index contributed by atoms with van der Waals surface area (Å²) in [6, 6.07) is 0. The summed E-state index contributed by atoms with van der Waals surface area (Å²) in [4.78, 5) is 15.5. The third kappa shape index (κ3) is 3.85. The minimum absolute atomic E-state index is 0.0602. The van der Waals surface area contributed by atoms with Crippen LogP contribution in [0.1, 0.15) is 17.1 Å². The molecule has 0 saturated heterocycles. The van der Waals surface area contributed by atoms with Gasteiger partial charge in [-0.1, -0.05) is 0 Å². The summed E-state index contributed by atoms with van der Waals surface area (Å²) in [5.41, 5.74) is 0.935. The largest absolute Gasteiger partial charge is 0.350 e. The first kappa shape index (κ1) is 11.1. The van der Waals surface area contributed by atoms with Crippen LogP contribution in [0.15, 0.2) is 5.38 Å². The van der Waals surface area contributed by atoms with Gasteiger partial charge >= 0.3 is 0 Å². The maximum atomic E-state index is 11.2. The maximum absolute atomic E-state index is 11.2. The molecule has 0 saturated carbocycles. The number of carbonyl (C=O) groups is 1. The molecule has 0 aliphatic carbocycles. The number of carbonyl (C=O) groups excluding carboxylic acids is 1. The second-order valence-corrected chi connectivity index (χ2v) is 4.05. The van der Waals surface area contributed by atoms with Crippen molar-refractivity contribution in [1.29, 1.82) is 0 Å². The lowest BCUT2D eigenvalue weighted by Crippen LogP contribution is -2.26. The van der Waals surface area contributed by atoms with Gasteiger partial charge < -0.3 is 10.6 Å². The van der Waals surface area contributed by atoms with E-state index in [1.807, 2.05) is 19.4 Å². The number of hydrogen-bond acceptors (Lipinski definition) is 4. The van der Waals surface area contributed by atoms with Gasteiger partial charge in [-0.3, -0.25) is 4.79 Å². The zero-order valence-electron chi connectivity index (χ0n) is 8.46. The highest BCUT2D eigenvalue weighted by molar-refractivity contribution is 7.09. The summed E-state index contributed by atoms with van der Waals surface area (Å²) in [5, 5.41) is 8.74. The molecule has 0 atom stereocenters. The summed E-state index contributed by atoms with van der Waals surface area (Å²) in [6.07, 6.45) is 0.514. The predicted molar refractivity (Wildman–Crippen MR) is 57.2 cm³/mol. The van der Waals surface area contributed by atoms with E-state index >= 15 is 0 Å². The fourth-order valence-electron chi connectivity index (χ4n) is 1.01. The monoisotopic (exact) mass is 213 g/mol. The van der Waals surface area contributed by atoms with Crippen molar-refractivity contribution in [2.75, 3.05) is 13.6 Å². The van der Waals surface area contributed by atoms with Gasteiger partial charge in [0, 0.05) is 18.3 Å². The van der Waals surface area contributed by atoms with Crippen LogP contribution < -0.4 is 10.6 Å². The van der Waals surface area contributed by atoms with Crippen LogP contribution in [0.5, 0.6) is 0 Å². The highest BCUT2D eigenvalue weighted by Gasteiger charge is 2.02. The van der Waals surface area contributed by atoms with Crippen molar-refractivity contribution in [3.63, 3.8) is 0 Å². The van der Waals surface area contributed by atoms with Crippen LogP contribution in [-0.4, -0.2) is 24.5 Å². The molecule has 0 spiro atoms. The fourth-order valence-corrected chi connectivity index (χ4v) is 1.62. The highest BCUT2D eigenvalue weighted by atomic mass is 32.1. The molecule has 0 aromatic carbocycles. The number of hydrogen-bond donors (Lipinski definition) is 2. The van der Waals surface area contributed by atoms with Crippen molar-refractivity contribution >= 4 is 17.2 Å². The van der Waals surface area contributed by atoms with Crippen LogP contribution in [-0.2, 0) is 11.3 Å². The summed E-state index contributed by atoms with van der Waals surface area (Å²) in [5.74, 6) is 0.0602. The average molecular weight is 213 g/mol. The molecule has 0 fully saturated rings. The van der Waals surface area contributed by atoms with Crippen molar-refractivity contribution in [1.82, 2.24) is 15.6 Å². The molecule has 1 heterocycles. The third-order valence-electron chi connectivity index (χ3n) is 1.74. The summed E-state index contributed by atoms with van der Waals surface area (Å²) in [7, 11) is 1.83. The van der Waals surface area contributed by atoms with Crippen molar-refractivity contribution < 1.29 is 4.79 Å². The lowest BCUT2D eigenvalue weighted by atomic mass is 10.4. The van der Waals surface area contributed by atoms with Crippen LogP contribution in [0, 0.1) is 6.92 Å². The van der Waals surface area contributed by atoms with Gasteiger partial charge in [-0.05, 0) is 14.0 Å². The third-order valence-corrected chi connectivity index (χ3v) is 2.56. The number of nitrogens with zero attached hydrogens (tertiary/aromatic N) is 1. The molecule has 0 aliphatic heterocycles. The Morgan fingerprint density at radius 3 is 3.00 bits per heavy atom. The SMILES string of the molecule is CNCCC(=O)NCc1csc(C)n1. The summed E-state index contributed by atoms with van der Waals surface area (Å²) >= 11 is 1.60. The first-order valence-electron chi connectivity index (χ1n) is 4.54. The lowest BCUT2D eigenvalue weighted by molar-refractivity contribution is -0.121. The molecule has 1 amide bonds. The summed E-state index contributed by atoms with van der Waals surface area (Å²) < 4.78 is 0. The molecule has 1 aromatic rings. The van der Waals surface area contributed by atoms with Gasteiger partial charge in [0.15, 0.2) is 0 Å². The van der Waals surface area contributed by atoms with E-state index in [-0.39, 0.29) is 5.91 Å². The number of nitrogens with one attached hydrogen (secondary N) is 2. The van der Waals surface area contributed by atoms with Crippen LogP contribution in [0.25, 0.3) is 0 Å². The highest BCUT2D eigenvalue weighted by Crippen LogP contribution is 2.07. The normalized spacial score (nSPS) is 10.1. The van der Waals surface area contributed by atoms with E-state index in [1.165, 1.54) is 0 Å². The molecule has 0 aliphatic rings. The molecular weight excluding hydrogens is 198 g/mol. The quantitative estimate of drug-likeness (QED) is 0.756. The van der Waals surface area contributed by atoms with E-state index in [2.05, 4.69) is 15.6 Å². The second kappa shape index (κ2) is 5.72. The average Bonchev–Trinajstić information content (AvgIpc) is 2.58. The Hall–Kier alpha value is -0.940. The van der Waals surface area contributed by atoms with Crippen molar-refractivity contribution in [3.8, 4) is 0 Å². The smallest absolute Gasteiger partial charge is 0.221 e.